The zero-order chi connectivity index (χ0) is 13.5. The first kappa shape index (κ1) is 13.9. The molecule has 0 saturated carbocycles. The first-order chi connectivity index (χ1) is 8.49. The number of carbonyl (C=O) groups excluding carboxylic acids is 1. The van der Waals surface area contributed by atoms with Crippen LogP contribution in [0.3, 0.4) is 0 Å². The minimum Gasteiger partial charge on any atom is -0.479 e. The maximum atomic E-state index is 11.2. The van der Waals surface area contributed by atoms with Crippen LogP contribution in [-0.4, -0.2) is 56.2 Å². The Bertz CT molecular complexity index is 419. The van der Waals surface area contributed by atoms with E-state index in [-0.39, 0.29) is 6.54 Å². The fourth-order valence-corrected chi connectivity index (χ4v) is 1.13. The molecule has 1 atom stereocenters. The summed E-state index contributed by atoms with van der Waals surface area (Å²) >= 11 is 0. The van der Waals surface area contributed by atoms with Crippen molar-refractivity contribution in [1.82, 2.24) is 25.4 Å². The number of hydrogen-bond donors (Lipinski definition) is 4. The number of aliphatic hydroxyl groups excluding tert-OH is 1. The highest BCUT2D eigenvalue weighted by Gasteiger charge is 2.13. The third kappa shape index (κ3) is 4.78. The Morgan fingerprint density at radius 2 is 2.22 bits per heavy atom. The molecule has 0 bridgehead atoms. The number of urea groups is 1. The Labute approximate surface area is 103 Å². The van der Waals surface area contributed by atoms with Gasteiger partial charge in [-0.15, -0.1) is 0 Å². The van der Waals surface area contributed by atoms with Gasteiger partial charge < -0.3 is 20.8 Å². The Hall–Kier alpha value is -2.16. The van der Waals surface area contributed by atoms with Crippen molar-refractivity contribution < 1.29 is 19.8 Å². The molecule has 9 nitrogen and oxygen atoms in total. The van der Waals surface area contributed by atoms with Gasteiger partial charge in [-0.25, -0.2) is 14.6 Å². The molecular weight excluding hydrogens is 242 g/mol. The normalized spacial score (nSPS) is 11.9. The summed E-state index contributed by atoms with van der Waals surface area (Å²) in [5.74, 6) is -0.781. The summed E-state index contributed by atoms with van der Waals surface area (Å²) in [6.07, 6.45) is 0.419. The van der Waals surface area contributed by atoms with Gasteiger partial charge in [-0.1, -0.05) is 0 Å². The number of aryl methyl sites for hydroxylation is 1. The quantitative estimate of drug-likeness (QED) is 0.471. The van der Waals surface area contributed by atoms with Crippen LogP contribution in [0.2, 0.25) is 0 Å². The van der Waals surface area contributed by atoms with E-state index in [0.717, 1.165) is 0 Å². The van der Waals surface area contributed by atoms with Crippen molar-refractivity contribution in [3.05, 3.63) is 12.2 Å². The minimum atomic E-state index is -1.60. The fourth-order valence-electron chi connectivity index (χ4n) is 1.13. The molecule has 18 heavy (non-hydrogen) atoms. The van der Waals surface area contributed by atoms with Gasteiger partial charge in [0.25, 0.3) is 0 Å². The molecule has 1 aromatic heterocycles. The highest BCUT2D eigenvalue weighted by atomic mass is 16.4. The van der Waals surface area contributed by atoms with Crippen LogP contribution in [0.4, 0.5) is 4.79 Å². The summed E-state index contributed by atoms with van der Waals surface area (Å²) in [5.41, 5.74) is 0. The second-order valence-electron chi connectivity index (χ2n) is 3.58. The number of amides is 2. The number of aromatic nitrogens is 3. The number of carboxylic acid groups (broad SMARTS) is 1. The zero-order valence-electron chi connectivity index (χ0n) is 9.83. The number of aliphatic hydroxyl groups is 1. The molecule has 0 spiro atoms. The summed E-state index contributed by atoms with van der Waals surface area (Å²) < 4.78 is 1.55. The maximum Gasteiger partial charge on any atom is 0.334 e. The summed E-state index contributed by atoms with van der Waals surface area (Å²) in [6.45, 7) is -0.0258. The molecule has 9 heteroatoms. The van der Waals surface area contributed by atoms with Gasteiger partial charge in [0.2, 0.25) is 0 Å². The number of nitrogens with one attached hydrogen (secondary N) is 2. The molecule has 4 N–H and O–H groups in total. The standard InChI is InChI=1S/C9H15N5O4/c1-14-5-12-7(13-14)2-3-10-9(18)11-4-6(15)8(16)17/h5-6,15H,2-4H2,1H3,(H,16,17)(H2,10,11,18). The van der Waals surface area contributed by atoms with Gasteiger partial charge in [-0.2, -0.15) is 5.10 Å². The largest absolute Gasteiger partial charge is 0.479 e. The van der Waals surface area contributed by atoms with Gasteiger partial charge in [-0.05, 0) is 0 Å². The molecule has 0 saturated heterocycles. The van der Waals surface area contributed by atoms with E-state index in [4.69, 9.17) is 10.2 Å². The molecule has 2 amide bonds. The van der Waals surface area contributed by atoms with Crippen molar-refractivity contribution in [2.75, 3.05) is 13.1 Å². The fraction of sp³-hybridized carbons (Fsp3) is 0.556. The summed E-state index contributed by atoms with van der Waals surface area (Å²) in [5, 5.41) is 26.0. The molecule has 0 aliphatic heterocycles. The van der Waals surface area contributed by atoms with E-state index in [1.54, 1.807) is 18.1 Å². The van der Waals surface area contributed by atoms with Gasteiger partial charge in [0, 0.05) is 20.0 Å². The van der Waals surface area contributed by atoms with E-state index in [1.807, 2.05) is 0 Å². The molecule has 0 aliphatic carbocycles. The topological polar surface area (TPSA) is 129 Å². The van der Waals surface area contributed by atoms with Crippen molar-refractivity contribution in [2.45, 2.75) is 12.5 Å². The van der Waals surface area contributed by atoms with Crippen LogP contribution in [-0.2, 0) is 18.3 Å². The lowest BCUT2D eigenvalue weighted by Gasteiger charge is -2.08. The number of carbonyl (C=O) groups is 2. The molecular formula is C9H15N5O4. The maximum absolute atomic E-state index is 11.2. The van der Waals surface area contributed by atoms with E-state index in [0.29, 0.717) is 18.8 Å². The number of carboxylic acids is 1. The predicted octanol–water partition coefficient (Wildman–Crippen LogP) is -1.90. The third-order valence-corrected chi connectivity index (χ3v) is 2.02. The lowest BCUT2D eigenvalue weighted by Crippen LogP contribution is -2.42. The first-order valence-corrected chi connectivity index (χ1v) is 5.26. The number of nitrogens with zero attached hydrogens (tertiary/aromatic N) is 3. The van der Waals surface area contributed by atoms with Crippen molar-refractivity contribution >= 4 is 12.0 Å². The molecule has 1 unspecified atom stereocenters. The van der Waals surface area contributed by atoms with Gasteiger partial charge in [0.05, 0.1) is 6.54 Å². The van der Waals surface area contributed by atoms with Crippen molar-refractivity contribution in [3.63, 3.8) is 0 Å². The van der Waals surface area contributed by atoms with E-state index in [9.17, 15) is 9.59 Å². The monoisotopic (exact) mass is 257 g/mol. The molecule has 1 aromatic rings. The van der Waals surface area contributed by atoms with E-state index < -0.39 is 18.1 Å². The Morgan fingerprint density at radius 3 is 2.78 bits per heavy atom. The van der Waals surface area contributed by atoms with E-state index in [2.05, 4.69) is 20.7 Å². The Balaban J connectivity index is 2.15. The molecule has 0 aromatic carbocycles. The predicted molar refractivity (Wildman–Crippen MR) is 59.8 cm³/mol. The average Bonchev–Trinajstić information content (AvgIpc) is 2.71. The second-order valence-corrected chi connectivity index (χ2v) is 3.58. The van der Waals surface area contributed by atoms with Gasteiger partial charge in [-0.3, -0.25) is 4.68 Å². The van der Waals surface area contributed by atoms with Crippen molar-refractivity contribution in [3.8, 4) is 0 Å². The number of hydrogen-bond acceptors (Lipinski definition) is 5. The van der Waals surface area contributed by atoms with Crippen LogP contribution >= 0.6 is 0 Å². The molecule has 0 fully saturated rings. The average molecular weight is 257 g/mol. The van der Waals surface area contributed by atoms with Crippen LogP contribution in [0.15, 0.2) is 6.33 Å². The molecule has 0 aliphatic rings. The molecule has 100 valence electrons. The molecule has 0 radical (unpaired) electrons. The van der Waals surface area contributed by atoms with Crippen LogP contribution in [0.25, 0.3) is 0 Å². The zero-order valence-corrected chi connectivity index (χ0v) is 9.83. The van der Waals surface area contributed by atoms with Crippen LogP contribution in [0, 0.1) is 0 Å². The summed E-state index contributed by atoms with van der Waals surface area (Å²) in [7, 11) is 1.74. The van der Waals surface area contributed by atoms with Crippen LogP contribution in [0.1, 0.15) is 5.82 Å². The third-order valence-electron chi connectivity index (χ3n) is 2.02. The molecule has 1 heterocycles. The minimum absolute atomic E-state index is 0.318. The van der Waals surface area contributed by atoms with Crippen molar-refractivity contribution in [2.24, 2.45) is 7.05 Å². The number of aliphatic carboxylic acids is 1. The van der Waals surface area contributed by atoms with Gasteiger partial charge in [0.1, 0.15) is 6.33 Å². The Kier molecular flexibility index (Phi) is 5.06. The van der Waals surface area contributed by atoms with Crippen LogP contribution < -0.4 is 10.6 Å². The Morgan fingerprint density at radius 1 is 1.50 bits per heavy atom. The first-order valence-electron chi connectivity index (χ1n) is 5.26. The lowest BCUT2D eigenvalue weighted by molar-refractivity contribution is -0.146. The lowest BCUT2D eigenvalue weighted by atomic mass is 10.3. The van der Waals surface area contributed by atoms with E-state index >= 15 is 0 Å². The smallest absolute Gasteiger partial charge is 0.334 e. The highest BCUT2D eigenvalue weighted by molar-refractivity contribution is 5.76. The molecule has 1 rings (SSSR count). The summed E-state index contributed by atoms with van der Waals surface area (Å²) in [4.78, 5) is 25.4. The van der Waals surface area contributed by atoms with E-state index in [1.165, 1.54) is 0 Å². The number of rotatable bonds is 6. The van der Waals surface area contributed by atoms with Crippen molar-refractivity contribution in [1.29, 1.82) is 0 Å². The SMILES string of the molecule is Cn1cnc(CCNC(=O)NCC(O)C(=O)O)n1. The highest BCUT2D eigenvalue weighted by Crippen LogP contribution is 1.88. The van der Waals surface area contributed by atoms with Crippen LogP contribution in [0.5, 0.6) is 0 Å². The second kappa shape index (κ2) is 6.55. The van der Waals surface area contributed by atoms with Gasteiger partial charge >= 0.3 is 12.0 Å². The summed E-state index contributed by atoms with van der Waals surface area (Å²) in [6, 6.07) is -0.550. The van der Waals surface area contributed by atoms with Gasteiger partial charge in [0.15, 0.2) is 11.9 Å².